The molecule has 0 bridgehead atoms. The van der Waals surface area contributed by atoms with Gasteiger partial charge in [0.25, 0.3) is 0 Å². The Morgan fingerprint density at radius 2 is 1.89 bits per heavy atom. The van der Waals surface area contributed by atoms with Crippen LogP contribution in [0.5, 0.6) is 5.75 Å². The summed E-state index contributed by atoms with van der Waals surface area (Å²) in [6.45, 7) is 1.02. The van der Waals surface area contributed by atoms with Crippen LogP contribution in [-0.4, -0.2) is 46.6 Å². The van der Waals surface area contributed by atoms with Crippen molar-refractivity contribution in [2.24, 2.45) is 5.92 Å². The summed E-state index contributed by atoms with van der Waals surface area (Å²) in [5.74, 6) is -1.25. The lowest BCUT2D eigenvalue weighted by molar-refractivity contribution is -0.139. The van der Waals surface area contributed by atoms with Gasteiger partial charge >= 0.3 is 5.97 Å². The van der Waals surface area contributed by atoms with Crippen molar-refractivity contribution in [3.05, 3.63) is 82.4 Å². The Bertz CT molecular complexity index is 1320. The smallest absolute Gasteiger partial charge is 0.303 e. The van der Waals surface area contributed by atoms with Crippen LogP contribution in [0.3, 0.4) is 0 Å². The van der Waals surface area contributed by atoms with Gasteiger partial charge in [-0.05, 0) is 55.2 Å². The fourth-order valence-corrected chi connectivity index (χ4v) is 5.52. The molecule has 7 nitrogen and oxygen atoms in total. The second-order valence-electron chi connectivity index (χ2n) is 9.50. The van der Waals surface area contributed by atoms with E-state index in [-0.39, 0.29) is 30.4 Å². The van der Waals surface area contributed by atoms with Crippen molar-refractivity contribution in [3.8, 4) is 11.4 Å². The van der Waals surface area contributed by atoms with Gasteiger partial charge in [0.05, 0.1) is 24.9 Å². The molecule has 1 saturated heterocycles. The number of carboxylic acid groups (broad SMARTS) is 1. The average Bonchev–Trinajstić information content (AvgIpc) is 3.32. The van der Waals surface area contributed by atoms with Crippen LogP contribution in [0.4, 0.5) is 4.39 Å². The molecule has 3 aromatic rings. The van der Waals surface area contributed by atoms with Gasteiger partial charge in [0.1, 0.15) is 12.2 Å². The number of carbonyl (C=O) groups is 2. The molecule has 2 aromatic carbocycles. The molecule has 9 heteroatoms. The Morgan fingerprint density at radius 3 is 2.62 bits per heavy atom. The Morgan fingerprint density at radius 1 is 1.11 bits per heavy atom. The topological polar surface area (TPSA) is 81.0 Å². The molecule has 1 amide bonds. The van der Waals surface area contributed by atoms with Gasteiger partial charge < -0.3 is 24.0 Å². The number of piperidine rings is 1. The van der Waals surface area contributed by atoms with E-state index in [0.29, 0.717) is 42.1 Å². The maximum absolute atomic E-state index is 15.5. The number of methoxy groups -OCH3 is 1. The monoisotopic (exact) mass is 526 g/mol. The summed E-state index contributed by atoms with van der Waals surface area (Å²) in [6.07, 6.45) is 1.91. The molecule has 3 heterocycles. The highest BCUT2D eigenvalue weighted by Crippen LogP contribution is 2.43. The first-order valence-corrected chi connectivity index (χ1v) is 12.7. The van der Waals surface area contributed by atoms with Gasteiger partial charge in [-0.3, -0.25) is 9.59 Å². The maximum Gasteiger partial charge on any atom is 0.303 e. The maximum atomic E-state index is 15.5. The fraction of sp³-hybridized carbons (Fsp3) is 0.357. The molecule has 1 fully saturated rings. The summed E-state index contributed by atoms with van der Waals surface area (Å²) in [7, 11) is 1.41. The van der Waals surface area contributed by atoms with Crippen molar-refractivity contribution < 1.29 is 28.6 Å². The number of benzene rings is 2. The van der Waals surface area contributed by atoms with Gasteiger partial charge in [-0.25, -0.2) is 4.39 Å². The number of hydrogen-bond acceptors (Lipinski definition) is 4. The molecule has 0 unspecified atom stereocenters. The second-order valence-corrected chi connectivity index (χ2v) is 9.94. The summed E-state index contributed by atoms with van der Waals surface area (Å²) in [5, 5.41) is 9.57. The standard InChI is InChI=1S/C28H28ClFN2O5/c1-36-23-6-2-4-19(27(23)30)28-20-15-18(29)7-8-21(20)32-11-3-5-22(32)24(37-28)16-25(33)31-12-9-17(10-13-31)14-26(34)35/h2-8,11,15,17,24,28H,9-10,12-14,16H2,1H3,(H,34,35)/t24-,28-/m1/s1. The minimum absolute atomic E-state index is 0.0669. The van der Waals surface area contributed by atoms with Crippen molar-refractivity contribution in [1.82, 2.24) is 9.47 Å². The van der Waals surface area contributed by atoms with Crippen molar-refractivity contribution >= 4 is 23.5 Å². The highest BCUT2D eigenvalue weighted by molar-refractivity contribution is 6.30. The van der Waals surface area contributed by atoms with Crippen LogP contribution in [0.15, 0.2) is 54.7 Å². The summed E-state index contributed by atoms with van der Waals surface area (Å²) in [4.78, 5) is 26.2. The summed E-state index contributed by atoms with van der Waals surface area (Å²) >= 11 is 6.37. The minimum atomic E-state index is -0.831. The van der Waals surface area contributed by atoms with E-state index in [0.717, 1.165) is 11.4 Å². The number of ether oxygens (including phenoxy) is 2. The summed E-state index contributed by atoms with van der Waals surface area (Å²) in [6, 6.07) is 14.1. The van der Waals surface area contributed by atoms with Crippen molar-refractivity contribution in [3.63, 3.8) is 0 Å². The molecule has 2 aliphatic rings. The highest BCUT2D eigenvalue weighted by Gasteiger charge is 2.35. The molecule has 5 rings (SSSR count). The van der Waals surface area contributed by atoms with Gasteiger partial charge in [0.15, 0.2) is 11.6 Å². The van der Waals surface area contributed by atoms with Gasteiger partial charge in [-0.2, -0.15) is 0 Å². The molecule has 1 N–H and O–H groups in total. The van der Waals surface area contributed by atoms with E-state index in [1.54, 1.807) is 35.2 Å². The normalized spacial score (nSPS) is 19.6. The third kappa shape index (κ3) is 5.08. The number of rotatable bonds is 6. The lowest BCUT2D eigenvalue weighted by Gasteiger charge is -2.32. The molecular formula is C28H28ClFN2O5. The zero-order valence-corrected chi connectivity index (χ0v) is 21.2. The number of aliphatic carboxylic acids is 1. The third-order valence-electron chi connectivity index (χ3n) is 7.23. The van der Waals surface area contributed by atoms with Gasteiger partial charge in [0.2, 0.25) is 5.91 Å². The second kappa shape index (κ2) is 10.6. The highest BCUT2D eigenvalue weighted by atomic mass is 35.5. The predicted molar refractivity (Wildman–Crippen MR) is 136 cm³/mol. The average molecular weight is 527 g/mol. The first-order chi connectivity index (χ1) is 17.9. The van der Waals surface area contributed by atoms with Gasteiger partial charge in [-0.1, -0.05) is 23.7 Å². The molecule has 2 aliphatic heterocycles. The number of fused-ring (bicyclic) bond motifs is 3. The Kier molecular flexibility index (Phi) is 7.22. The quantitative estimate of drug-likeness (QED) is 0.456. The van der Waals surface area contributed by atoms with Crippen LogP contribution in [0.2, 0.25) is 5.02 Å². The third-order valence-corrected chi connectivity index (χ3v) is 7.46. The minimum Gasteiger partial charge on any atom is -0.494 e. The molecule has 0 saturated carbocycles. The molecule has 0 spiro atoms. The van der Waals surface area contributed by atoms with Gasteiger partial charge in [0, 0.05) is 41.9 Å². The molecule has 0 aliphatic carbocycles. The number of halogens is 2. The van der Waals surface area contributed by atoms with Crippen LogP contribution in [0, 0.1) is 11.7 Å². The molecule has 194 valence electrons. The number of nitrogens with zero attached hydrogens (tertiary/aromatic N) is 2. The molecule has 1 aromatic heterocycles. The fourth-order valence-electron chi connectivity index (χ4n) is 5.34. The number of hydrogen-bond donors (Lipinski definition) is 1. The SMILES string of the molecule is COc1cccc([C@H]2O[C@H](CC(=O)N3CCC(CC(=O)O)CC3)c3cccn3-c3ccc(Cl)cc32)c1F. The van der Waals surface area contributed by atoms with Crippen LogP contribution >= 0.6 is 11.6 Å². The van der Waals surface area contributed by atoms with Crippen LogP contribution in [0.25, 0.3) is 5.69 Å². The Balaban J connectivity index is 1.47. The van der Waals surface area contributed by atoms with E-state index in [9.17, 15) is 9.59 Å². The predicted octanol–water partition coefficient (Wildman–Crippen LogP) is 5.54. The summed E-state index contributed by atoms with van der Waals surface area (Å²) < 4.78 is 29.2. The van der Waals surface area contributed by atoms with Crippen molar-refractivity contribution in [2.75, 3.05) is 20.2 Å². The van der Waals surface area contributed by atoms with E-state index >= 15 is 4.39 Å². The summed E-state index contributed by atoms with van der Waals surface area (Å²) in [5.41, 5.74) is 2.55. The molecule has 0 radical (unpaired) electrons. The van der Waals surface area contributed by atoms with E-state index in [2.05, 4.69) is 0 Å². The largest absolute Gasteiger partial charge is 0.494 e. The molecule has 2 atom stereocenters. The lowest BCUT2D eigenvalue weighted by atomic mass is 9.93. The Labute approximate surface area is 219 Å². The van der Waals surface area contributed by atoms with Crippen LogP contribution in [-0.2, 0) is 14.3 Å². The zero-order chi connectivity index (χ0) is 26.1. The number of carboxylic acids is 1. The number of likely N-dealkylation sites (tertiary alicyclic amines) is 1. The number of amides is 1. The first kappa shape index (κ1) is 25.3. The van der Waals surface area contributed by atoms with E-state index in [1.165, 1.54) is 7.11 Å². The van der Waals surface area contributed by atoms with Gasteiger partial charge in [-0.15, -0.1) is 0 Å². The van der Waals surface area contributed by atoms with Crippen molar-refractivity contribution in [2.45, 2.75) is 37.9 Å². The molecular weight excluding hydrogens is 499 g/mol. The number of carbonyl (C=O) groups excluding carboxylic acids is 1. The lowest BCUT2D eigenvalue weighted by Crippen LogP contribution is -2.39. The van der Waals surface area contributed by atoms with E-state index < -0.39 is 24.0 Å². The van der Waals surface area contributed by atoms with Crippen molar-refractivity contribution in [1.29, 1.82) is 0 Å². The zero-order valence-electron chi connectivity index (χ0n) is 20.4. The van der Waals surface area contributed by atoms with E-state index in [4.69, 9.17) is 26.2 Å². The van der Waals surface area contributed by atoms with E-state index in [1.807, 2.05) is 29.0 Å². The Hall–Kier alpha value is -3.36. The van der Waals surface area contributed by atoms with Crippen LogP contribution < -0.4 is 4.74 Å². The first-order valence-electron chi connectivity index (χ1n) is 12.3. The van der Waals surface area contributed by atoms with Crippen LogP contribution in [0.1, 0.15) is 54.7 Å². The number of aromatic nitrogens is 1. The molecule has 37 heavy (non-hydrogen) atoms.